The number of thiophene rings is 1. The van der Waals surface area contributed by atoms with Gasteiger partial charge in [0.15, 0.2) is 0 Å². The van der Waals surface area contributed by atoms with Crippen molar-refractivity contribution in [3.8, 4) is 0 Å². The minimum atomic E-state index is -0.142. The molecule has 0 bridgehead atoms. The third-order valence-corrected chi connectivity index (χ3v) is 4.02. The van der Waals surface area contributed by atoms with Crippen molar-refractivity contribution in [1.82, 2.24) is 4.90 Å². The second-order valence-corrected chi connectivity index (χ2v) is 5.25. The average molecular weight is 225 g/mol. The fourth-order valence-electron chi connectivity index (χ4n) is 2.18. The summed E-state index contributed by atoms with van der Waals surface area (Å²) in [5, 5.41) is 13.9. The molecule has 0 amide bonds. The van der Waals surface area contributed by atoms with Crippen LogP contribution < -0.4 is 0 Å². The van der Waals surface area contributed by atoms with Crippen LogP contribution in [-0.4, -0.2) is 35.7 Å². The molecule has 1 aromatic heterocycles. The predicted molar refractivity (Wildman–Crippen MR) is 64.3 cm³/mol. The first kappa shape index (κ1) is 11.1. The van der Waals surface area contributed by atoms with Gasteiger partial charge in [-0.2, -0.15) is 11.3 Å². The molecule has 1 N–H and O–H groups in total. The molecule has 1 aromatic rings. The first-order chi connectivity index (χ1) is 7.25. The average Bonchev–Trinajstić information content (AvgIpc) is 2.86. The Morgan fingerprint density at radius 2 is 2.53 bits per heavy atom. The normalized spacial score (nSPS) is 24.5. The standard InChI is InChI=1S/C12H19NOS/c1-10(14)12-3-6-13(8-12)5-2-11-4-7-15-9-11/h4,7,9-10,12,14H,2-3,5-6,8H2,1H3. The molecule has 84 valence electrons. The highest BCUT2D eigenvalue weighted by molar-refractivity contribution is 7.07. The largest absolute Gasteiger partial charge is 0.393 e. The molecule has 2 heterocycles. The Hall–Kier alpha value is -0.380. The highest BCUT2D eigenvalue weighted by Gasteiger charge is 2.25. The lowest BCUT2D eigenvalue weighted by Crippen LogP contribution is -2.26. The minimum Gasteiger partial charge on any atom is -0.393 e. The molecule has 0 radical (unpaired) electrons. The molecule has 2 unspecified atom stereocenters. The minimum absolute atomic E-state index is 0.142. The monoisotopic (exact) mass is 225 g/mol. The summed E-state index contributed by atoms with van der Waals surface area (Å²) in [4.78, 5) is 2.47. The summed E-state index contributed by atoms with van der Waals surface area (Å²) in [7, 11) is 0. The maximum atomic E-state index is 9.50. The number of aliphatic hydroxyl groups excluding tert-OH is 1. The van der Waals surface area contributed by atoms with Gasteiger partial charge in [-0.3, -0.25) is 0 Å². The fraction of sp³-hybridized carbons (Fsp3) is 0.667. The summed E-state index contributed by atoms with van der Waals surface area (Å²) in [6.45, 7) is 5.27. The number of nitrogens with zero attached hydrogens (tertiary/aromatic N) is 1. The number of likely N-dealkylation sites (tertiary alicyclic amines) is 1. The van der Waals surface area contributed by atoms with E-state index in [1.54, 1.807) is 11.3 Å². The summed E-state index contributed by atoms with van der Waals surface area (Å²) in [5.41, 5.74) is 1.44. The number of aliphatic hydroxyl groups is 1. The molecule has 2 atom stereocenters. The van der Waals surface area contributed by atoms with Crippen LogP contribution in [0.15, 0.2) is 16.8 Å². The molecular formula is C12H19NOS. The van der Waals surface area contributed by atoms with Crippen molar-refractivity contribution >= 4 is 11.3 Å². The molecule has 0 spiro atoms. The highest BCUT2D eigenvalue weighted by Crippen LogP contribution is 2.20. The van der Waals surface area contributed by atoms with Gasteiger partial charge in [-0.25, -0.2) is 0 Å². The number of hydrogen-bond acceptors (Lipinski definition) is 3. The van der Waals surface area contributed by atoms with Gasteiger partial charge in [0.05, 0.1) is 6.10 Å². The van der Waals surface area contributed by atoms with E-state index < -0.39 is 0 Å². The highest BCUT2D eigenvalue weighted by atomic mass is 32.1. The summed E-state index contributed by atoms with van der Waals surface area (Å²) in [6, 6.07) is 2.20. The first-order valence-corrected chi connectivity index (χ1v) is 6.61. The SMILES string of the molecule is CC(O)C1CCN(CCc2ccsc2)C1. The van der Waals surface area contributed by atoms with E-state index in [0.29, 0.717) is 5.92 Å². The molecule has 1 aliphatic heterocycles. The van der Waals surface area contributed by atoms with Gasteiger partial charge < -0.3 is 10.0 Å². The molecule has 15 heavy (non-hydrogen) atoms. The maximum Gasteiger partial charge on any atom is 0.0552 e. The van der Waals surface area contributed by atoms with Crippen molar-refractivity contribution in [2.75, 3.05) is 19.6 Å². The number of rotatable bonds is 4. The summed E-state index contributed by atoms with van der Waals surface area (Å²) in [6.07, 6.45) is 2.16. The van der Waals surface area contributed by atoms with Crippen molar-refractivity contribution in [1.29, 1.82) is 0 Å². The van der Waals surface area contributed by atoms with Gasteiger partial charge in [-0.1, -0.05) is 0 Å². The van der Waals surface area contributed by atoms with Crippen LogP contribution in [0.4, 0.5) is 0 Å². The lowest BCUT2D eigenvalue weighted by atomic mass is 10.0. The molecular weight excluding hydrogens is 206 g/mol. The van der Waals surface area contributed by atoms with Crippen LogP contribution >= 0.6 is 11.3 Å². The summed E-state index contributed by atoms with van der Waals surface area (Å²) >= 11 is 1.77. The molecule has 2 nitrogen and oxygen atoms in total. The molecule has 2 rings (SSSR count). The Balaban J connectivity index is 1.73. The van der Waals surface area contributed by atoms with E-state index >= 15 is 0 Å². The van der Waals surface area contributed by atoms with Gasteiger partial charge >= 0.3 is 0 Å². The van der Waals surface area contributed by atoms with E-state index in [0.717, 1.165) is 32.5 Å². The first-order valence-electron chi connectivity index (χ1n) is 5.67. The zero-order valence-electron chi connectivity index (χ0n) is 9.22. The van der Waals surface area contributed by atoms with E-state index in [-0.39, 0.29) is 6.10 Å². The van der Waals surface area contributed by atoms with E-state index in [2.05, 4.69) is 21.7 Å². The fourth-order valence-corrected chi connectivity index (χ4v) is 2.88. The summed E-state index contributed by atoms with van der Waals surface area (Å²) in [5.74, 6) is 0.493. The van der Waals surface area contributed by atoms with Crippen molar-refractivity contribution < 1.29 is 5.11 Å². The van der Waals surface area contributed by atoms with E-state index in [4.69, 9.17) is 0 Å². The van der Waals surface area contributed by atoms with Crippen molar-refractivity contribution in [2.24, 2.45) is 5.92 Å². The van der Waals surface area contributed by atoms with Crippen molar-refractivity contribution in [3.05, 3.63) is 22.4 Å². The van der Waals surface area contributed by atoms with Gasteiger partial charge in [0.2, 0.25) is 0 Å². The molecule has 1 fully saturated rings. The smallest absolute Gasteiger partial charge is 0.0552 e. The van der Waals surface area contributed by atoms with Gasteiger partial charge in [0, 0.05) is 13.1 Å². The third kappa shape index (κ3) is 3.03. The maximum absolute atomic E-state index is 9.50. The molecule has 0 aromatic carbocycles. The Morgan fingerprint density at radius 1 is 1.67 bits per heavy atom. The van der Waals surface area contributed by atoms with Crippen LogP contribution in [-0.2, 0) is 6.42 Å². The Bertz CT molecular complexity index is 284. The van der Waals surface area contributed by atoms with Gasteiger partial charge in [-0.15, -0.1) is 0 Å². The number of hydrogen-bond donors (Lipinski definition) is 1. The zero-order chi connectivity index (χ0) is 10.7. The Kier molecular flexibility index (Phi) is 3.78. The quantitative estimate of drug-likeness (QED) is 0.847. The molecule has 3 heteroatoms. The molecule has 1 saturated heterocycles. The van der Waals surface area contributed by atoms with Crippen molar-refractivity contribution in [3.63, 3.8) is 0 Å². The second-order valence-electron chi connectivity index (χ2n) is 4.47. The lowest BCUT2D eigenvalue weighted by molar-refractivity contribution is 0.128. The molecule has 1 aliphatic rings. The second kappa shape index (κ2) is 5.10. The van der Waals surface area contributed by atoms with Crippen LogP contribution in [0.1, 0.15) is 18.9 Å². The molecule has 0 saturated carbocycles. The lowest BCUT2D eigenvalue weighted by Gasteiger charge is -2.16. The van der Waals surface area contributed by atoms with Crippen LogP contribution in [0.3, 0.4) is 0 Å². The Labute approximate surface area is 95.5 Å². The van der Waals surface area contributed by atoms with Gasteiger partial charge in [0.1, 0.15) is 0 Å². The van der Waals surface area contributed by atoms with Crippen LogP contribution in [0.25, 0.3) is 0 Å². The van der Waals surface area contributed by atoms with Gasteiger partial charge in [0.25, 0.3) is 0 Å². The van der Waals surface area contributed by atoms with E-state index in [9.17, 15) is 5.11 Å². The van der Waals surface area contributed by atoms with Gasteiger partial charge in [-0.05, 0) is 54.6 Å². The van der Waals surface area contributed by atoms with E-state index in [1.165, 1.54) is 5.56 Å². The van der Waals surface area contributed by atoms with Crippen LogP contribution in [0.5, 0.6) is 0 Å². The summed E-state index contributed by atoms with van der Waals surface area (Å²) < 4.78 is 0. The topological polar surface area (TPSA) is 23.5 Å². The Morgan fingerprint density at radius 3 is 3.13 bits per heavy atom. The van der Waals surface area contributed by atoms with Crippen molar-refractivity contribution in [2.45, 2.75) is 25.9 Å². The molecule has 0 aliphatic carbocycles. The van der Waals surface area contributed by atoms with E-state index in [1.807, 2.05) is 6.92 Å². The van der Waals surface area contributed by atoms with Crippen LogP contribution in [0, 0.1) is 5.92 Å². The van der Waals surface area contributed by atoms with Crippen LogP contribution in [0.2, 0.25) is 0 Å². The zero-order valence-corrected chi connectivity index (χ0v) is 10.0. The third-order valence-electron chi connectivity index (χ3n) is 3.29. The predicted octanol–water partition coefficient (Wildman–Crippen LogP) is 1.99.